The number of alkyl halides is 2. The first-order valence-electron chi connectivity index (χ1n) is 8.71. The second-order valence-corrected chi connectivity index (χ2v) is 8.85. The SMILES string of the molecule is Cn1c(COP(=O)(OCc2cnc([N+](=O)[O-])n2C)N(CCCl)CCCl)cnc1[N+](=O)[O-]. The molecule has 0 aliphatic carbocycles. The molecule has 0 bridgehead atoms. The molecule has 172 valence electrons. The number of hydrogen-bond acceptors (Lipinski definition) is 9. The molecule has 0 unspecified atom stereocenters. The first-order valence-corrected chi connectivity index (χ1v) is 11.3. The van der Waals surface area contributed by atoms with Gasteiger partial charge in [-0.3, -0.25) is 9.05 Å². The Hall–Kier alpha value is -2.09. The molecule has 0 radical (unpaired) electrons. The van der Waals surface area contributed by atoms with Gasteiger partial charge in [0.2, 0.25) is 0 Å². The third kappa shape index (κ3) is 5.99. The molecule has 0 fully saturated rings. The fourth-order valence-electron chi connectivity index (χ4n) is 2.52. The third-order valence-electron chi connectivity index (χ3n) is 4.23. The summed E-state index contributed by atoms with van der Waals surface area (Å²) in [7, 11) is -1.19. The highest BCUT2D eigenvalue weighted by Crippen LogP contribution is 2.53. The van der Waals surface area contributed by atoms with Crippen molar-refractivity contribution in [3.63, 3.8) is 0 Å². The van der Waals surface area contributed by atoms with E-state index in [0.29, 0.717) is 0 Å². The van der Waals surface area contributed by atoms with Crippen LogP contribution in [0.1, 0.15) is 11.4 Å². The summed E-state index contributed by atoms with van der Waals surface area (Å²) in [6, 6.07) is 0. The minimum atomic E-state index is -4.02. The van der Waals surface area contributed by atoms with Crippen LogP contribution in [0, 0.1) is 20.2 Å². The van der Waals surface area contributed by atoms with Gasteiger partial charge >= 0.3 is 19.6 Å². The molecule has 14 nitrogen and oxygen atoms in total. The molecule has 0 N–H and O–H groups in total. The average molecular weight is 500 g/mol. The lowest BCUT2D eigenvalue weighted by Gasteiger charge is -2.28. The first kappa shape index (κ1) is 25.2. The highest BCUT2D eigenvalue weighted by Gasteiger charge is 2.35. The smallest absolute Gasteiger partial charge is 0.390 e. The molecule has 2 heterocycles. The number of rotatable bonds is 13. The Kier molecular flexibility index (Phi) is 8.91. The van der Waals surface area contributed by atoms with E-state index < -0.39 is 29.5 Å². The second-order valence-electron chi connectivity index (χ2n) is 6.08. The molecular weight excluding hydrogens is 480 g/mol. The second kappa shape index (κ2) is 11.0. The summed E-state index contributed by atoms with van der Waals surface area (Å²) in [5, 5.41) is 21.9. The van der Waals surface area contributed by atoms with Gasteiger partial charge in [0.1, 0.15) is 37.0 Å². The van der Waals surface area contributed by atoms with Crippen molar-refractivity contribution < 1.29 is 23.5 Å². The monoisotopic (exact) mass is 499 g/mol. The average Bonchev–Trinajstić information content (AvgIpc) is 3.27. The molecule has 0 saturated carbocycles. The van der Waals surface area contributed by atoms with Gasteiger partial charge in [0.05, 0.1) is 14.1 Å². The lowest BCUT2D eigenvalue weighted by atomic mass is 10.5. The maximum atomic E-state index is 13.6. The predicted molar refractivity (Wildman–Crippen MR) is 110 cm³/mol. The van der Waals surface area contributed by atoms with E-state index in [2.05, 4.69) is 9.97 Å². The van der Waals surface area contributed by atoms with Crippen molar-refractivity contribution in [3.8, 4) is 0 Å². The molecule has 2 aromatic rings. The van der Waals surface area contributed by atoms with E-state index in [9.17, 15) is 24.8 Å². The summed E-state index contributed by atoms with van der Waals surface area (Å²) in [6.07, 6.45) is 2.45. The molecule has 0 aliphatic rings. The number of nitrogens with zero attached hydrogens (tertiary/aromatic N) is 7. The lowest BCUT2D eigenvalue weighted by molar-refractivity contribution is -0.396. The van der Waals surface area contributed by atoms with E-state index in [1.165, 1.54) is 40.3 Å². The molecule has 17 heteroatoms. The Balaban J connectivity index is 2.25. The molecular formula is C14H20Cl2N7O7P. The fraction of sp³-hybridized carbons (Fsp3) is 0.571. The van der Waals surface area contributed by atoms with Crippen LogP contribution >= 0.6 is 30.9 Å². The minimum absolute atomic E-state index is 0.0992. The van der Waals surface area contributed by atoms with Crippen LogP contribution in [0.3, 0.4) is 0 Å². The maximum absolute atomic E-state index is 13.6. The van der Waals surface area contributed by atoms with E-state index in [-0.39, 0.29) is 49.5 Å². The number of halogens is 2. The molecule has 0 amide bonds. The Labute approximate surface area is 186 Å². The molecule has 0 aromatic carbocycles. The highest BCUT2D eigenvalue weighted by molar-refractivity contribution is 7.51. The summed E-state index contributed by atoms with van der Waals surface area (Å²) in [5.41, 5.74) is 0.562. The van der Waals surface area contributed by atoms with Crippen LogP contribution in [0.2, 0.25) is 0 Å². The summed E-state index contributed by atoms with van der Waals surface area (Å²) >= 11 is 11.6. The summed E-state index contributed by atoms with van der Waals surface area (Å²) in [5.74, 6) is -0.617. The van der Waals surface area contributed by atoms with Crippen molar-refractivity contribution in [2.45, 2.75) is 13.2 Å². The normalized spacial score (nSPS) is 11.9. The van der Waals surface area contributed by atoms with Crippen LogP contribution in [-0.4, -0.2) is 58.5 Å². The largest absolute Gasteiger partial charge is 0.434 e. The highest BCUT2D eigenvalue weighted by atomic mass is 35.5. The third-order valence-corrected chi connectivity index (χ3v) is 6.57. The molecule has 2 aromatic heterocycles. The van der Waals surface area contributed by atoms with Gasteiger partial charge in [-0.05, 0) is 9.85 Å². The van der Waals surface area contributed by atoms with Gasteiger partial charge in [-0.2, -0.15) is 0 Å². The van der Waals surface area contributed by atoms with Crippen LogP contribution in [0.25, 0.3) is 0 Å². The zero-order valence-corrected chi connectivity index (χ0v) is 19.0. The maximum Gasteiger partial charge on any atom is 0.434 e. The van der Waals surface area contributed by atoms with Crippen molar-refractivity contribution >= 4 is 42.8 Å². The van der Waals surface area contributed by atoms with E-state index in [1.807, 2.05) is 0 Å². The fourth-order valence-corrected chi connectivity index (χ4v) is 4.85. The van der Waals surface area contributed by atoms with Gasteiger partial charge in [-0.25, -0.2) is 18.4 Å². The number of aromatic nitrogens is 4. The van der Waals surface area contributed by atoms with Gasteiger partial charge in [0.25, 0.3) is 0 Å². The van der Waals surface area contributed by atoms with Crippen molar-refractivity contribution in [1.29, 1.82) is 0 Å². The van der Waals surface area contributed by atoms with Gasteiger partial charge in [-0.15, -0.1) is 23.2 Å². The van der Waals surface area contributed by atoms with Gasteiger partial charge in [0, 0.05) is 24.8 Å². The quantitative estimate of drug-likeness (QED) is 0.173. The minimum Gasteiger partial charge on any atom is -0.390 e. The van der Waals surface area contributed by atoms with Crippen LogP contribution < -0.4 is 0 Å². The lowest BCUT2D eigenvalue weighted by Crippen LogP contribution is -2.27. The molecule has 0 aliphatic heterocycles. The number of hydrogen-bond donors (Lipinski definition) is 0. The molecule has 2 rings (SSSR count). The van der Waals surface area contributed by atoms with E-state index in [4.69, 9.17) is 32.2 Å². The van der Waals surface area contributed by atoms with E-state index in [0.717, 1.165) is 0 Å². The summed E-state index contributed by atoms with van der Waals surface area (Å²) in [6.45, 7) is -0.409. The van der Waals surface area contributed by atoms with Crippen LogP contribution in [0.5, 0.6) is 0 Å². The van der Waals surface area contributed by atoms with Gasteiger partial charge < -0.3 is 20.2 Å². The van der Waals surface area contributed by atoms with E-state index in [1.54, 1.807) is 0 Å². The number of nitro groups is 2. The van der Waals surface area contributed by atoms with Crippen molar-refractivity contribution in [2.24, 2.45) is 14.1 Å². The Morgan fingerprint density at radius 3 is 1.65 bits per heavy atom. The standard InChI is InChI=1S/C14H20Cl2N7O7P/c1-19-11(7-17-13(19)22(24)25)9-29-31(28,21(5-3-15)6-4-16)30-10-12-8-18-14(20(12)2)23(26)27/h7-8H,3-6,9-10H2,1-2H3. The molecule has 0 saturated heterocycles. The zero-order chi connectivity index (χ0) is 23.2. The van der Waals surface area contributed by atoms with Gasteiger partial charge in [0.15, 0.2) is 0 Å². The zero-order valence-electron chi connectivity index (χ0n) is 16.6. The summed E-state index contributed by atoms with van der Waals surface area (Å²) < 4.78 is 28.4. The van der Waals surface area contributed by atoms with Crippen LogP contribution in [-0.2, 0) is 40.9 Å². The van der Waals surface area contributed by atoms with Crippen molar-refractivity contribution in [1.82, 2.24) is 23.8 Å². The van der Waals surface area contributed by atoms with Crippen LogP contribution in [0.4, 0.5) is 11.9 Å². The Bertz CT molecular complexity index is 910. The Morgan fingerprint density at radius 2 is 1.35 bits per heavy atom. The Morgan fingerprint density at radius 1 is 0.968 bits per heavy atom. The van der Waals surface area contributed by atoms with Gasteiger partial charge in [-0.1, -0.05) is 9.97 Å². The first-order chi connectivity index (χ1) is 14.6. The molecule has 31 heavy (non-hydrogen) atoms. The van der Waals surface area contributed by atoms with Crippen molar-refractivity contribution in [3.05, 3.63) is 44.0 Å². The molecule has 0 spiro atoms. The summed E-state index contributed by atoms with van der Waals surface area (Å²) in [4.78, 5) is 28.0. The molecule has 0 atom stereocenters. The van der Waals surface area contributed by atoms with E-state index >= 15 is 0 Å². The van der Waals surface area contributed by atoms with Crippen molar-refractivity contribution in [2.75, 3.05) is 24.8 Å². The predicted octanol–water partition coefficient (Wildman–Crippen LogP) is 2.59. The topological polar surface area (TPSA) is 161 Å². The number of imidazole rings is 2. The van der Waals surface area contributed by atoms with Crippen LogP contribution in [0.15, 0.2) is 12.4 Å².